The fourth-order valence-corrected chi connectivity index (χ4v) is 3.51. The summed E-state index contributed by atoms with van der Waals surface area (Å²) in [6, 6.07) is 5.20. The van der Waals surface area contributed by atoms with Crippen molar-refractivity contribution in [2.45, 2.75) is 16.2 Å². The molecule has 2 aromatic rings. The molecule has 21 heavy (non-hydrogen) atoms. The van der Waals surface area contributed by atoms with Crippen LogP contribution in [0.4, 0.5) is 11.4 Å². The predicted molar refractivity (Wildman–Crippen MR) is 92.2 cm³/mol. The highest BCUT2D eigenvalue weighted by Crippen LogP contribution is 2.48. The molecular formula is C17H19ClN2S. The largest absolute Gasteiger partial charge is 0.340 e. The van der Waals surface area contributed by atoms with Crippen molar-refractivity contribution in [2.75, 3.05) is 32.1 Å². The summed E-state index contributed by atoms with van der Waals surface area (Å²) in [7, 11) is 4.02. The van der Waals surface area contributed by atoms with Gasteiger partial charge in [-0.2, -0.15) is 0 Å². The maximum absolute atomic E-state index is 8.37. The van der Waals surface area contributed by atoms with Crippen molar-refractivity contribution in [3.8, 4) is 0 Å². The van der Waals surface area contributed by atoms with Gasteiger partial charge in [0.2, 0.25) is 0 Å². The molecule has 0 spiro atoms. The smallest absolute Gasteiger partial charge is 0.0645 e. The van der Waals surface area contributed by atoms with Crippen molar-refractivity contribution >= 4 is 34.7 Å². The second-order valence-electron chi connectivity index (χ2n) is 5.20. The number of halogens is 1. The molecule has 0 atom stereocenters. The van der Waals surface area contributed by atoms with E-state index < -0.39 is 0 Å². The van der Waals surface area contributed by atoms with Gasteiger partial charge < -0.3 is 9.80 Å². The fraction of sp³-hybridized carbons (Fsp3) is 0.294. The lowest BCUT2D eigenvalue weighted by molar-refractivity contribution is 0.402. The van der Waals surface area contributed by atoms with E-state index in [9.17, 15) is 0 Å². The number of benzene rings is 2. The number of anilines is 2. The first kappa shape index (κ1) is 10.5. The van der Waals surface area contributed by atoms with Gasteiger partial charge in [0.15, 0.2) is 0 Å². The average Bonchev–Trinajstić information content (AvgIpc) is 2.57. The number of fused-ring (bicyclic) bond motifs is 2. The molecule has 0 saturated carbocycles. The molecule has 0 radical (unpaired) electrons. The van der Waals surface area contributed by atoms with Crippen molar-refractivity contribution in [1.82, 2.24) is 4.90 Å². The van der Waals surface area contributed by atoms with Crippen LogP contribution in [-0.2, 0) is 0 Å². The van der Waals surface area contributed by atoms with Gasteiger partial charge in [0, 0.05) is 21.4 Å². The summed E-state index contributed by atoms with van der Waals surface area (Å²) < 4.78 is 32.6. The van der Waals surface area contributed by atoms with Crippen LogP contribution in [0, 0.1) is 0 Å². The van der Waals surface area contributed by atoms with Crippen molar-refractivity contribution in [3.63, 3.8) is 0 Å². The lowest BCUT2D eigenvalue weighted by atomic mass is 10.2. The Morgan fingerprint density at radius 2 is 2.00 bits per heavy atom. The number of para-hydroxylation sites is 1. The maximum atomic E-state index is 8.37. The Labute approximate surface area is 141 Å². The molecule has 3 rings (SSSR count). The van der Waals surface area contributed by atoms with E-state index in [1.807, 2.05) is 37.2 Å². The monoisotopic (exact) mass is 322 g/mol. The van der Waals surface area contributed by atoms with Gasteiger partial charge in [-0.15, -0.1) is 0 Å². The Kier molecular flexibility index (Phi) is 3.17. The lowest BCUT2D eigenvalue weighted by Gasteiger charge is -2.33. The maximum Gasteiger partial charge on any atom is 0.0645 e. The summed E-state index contributed by atoms with van der Waals surface area (Å²) in [4.78, 5) is 5.60. The minimum atomic E-state index is -0.201. The average molecular weight is 323 g/mol. The number of nitrogens with zero attached hydrogens (tertiary/aromatic N) is 2. The van der Waals surface area contributed by atoms with Gasteiger partial charge in [-0.3, -0.25) is 0 Å². The Balaban J connectivity index is 2.14. The standard InChI is InChI=1S/C17H19ClN2S/c1-19(2)10-5-11-20-14-6-3-4-7-16(14)21-17-9-8-13(18)12-15(17)20/h3-4,6-9,12H,5,10-11H2,1-2H3/i3D,4D,6D,7D. The Hall–Kier alpha value is -1.16. The van der Waals surface area contributed by atoms with Crippen molar-refractivity contribution in [3.05, 3.63) is 47.4 Å². The van der Waals surface area contributed by atoms with Gasteiger partial charge in [0.1, 0.15) is 0 Å². The third-order valence-electron chi connectivity index (χ3n) is 3.32. The van der Waals surface area contributed by atoms with E-state index in [0.29, 0.717) is 22.2 Å². The van der Waals surface area contributed by atoms with Crippen LogP contribution in [0.15, 0.2) is 52.2 Å². The topological polar surface area (TPSA) is 6.48 Å². The van der Waals surface area contributed by atoms with E-state index in [-0.39, 0.29) is 24.2 Å². The van der Waals surface area contributed by atoms with Crippen LogP contribution in [0.2, 0.25) is 5.02 Å². The van der Waals surface area contributed by atoms with Crippen molar-refractivity contribution in [2.24, 2.45) is 0 Å². The van der Waals surface area contributed by atoms with Crippen LogP contribution in [-0.4, -0.2) is 32.1 Å². The van der Waals surface area contributed by atoms with Gasteiger partial charge in [-0.05, 0) is 57.3 Å². The van der Waals surface area contributed by atoms with Gasteiger partial charge >= 0.3 is 0 Å². The molecule has 110 valence electrons. The highest BCUT2D eigenvalue weighted by Gasteiger charge is 2.22. The van der Waals surface area contributed by atoms with Crippen LogP contribution < -0.4 is 4.90 Å². The first-order valence-electron chi connectivity index (χ1n) is 8.81. The second kappa shape index (κ2) is 6.30. The Morgan fingerprint density at radius 1 is 1.19 bits per heavy atom. The molecule has 1 aliphatic heterocycles. The van der Waals surface area contributed by atoms with E-state index in [0.717, 1.165) is 23.5 Å². The molecule has 0 amide bonds. The molecule has 2 nitrogen and oxygen atoms in total. The molecular weight excluding hydrogens is 300 g/mol. The summed E-state index contributed by atoms with van der Waals surface area (Å²) >= 11 is 7.56. The van der Waals surface area contributed by atoms with Crippen LogP contribution >= 0.6 is 23.4 Å². The Morgan fingerprint density at radius 3 is 2.81 bits per heavy atom. The molecule has 0 aromatic heterocycles. The van der Waals surface area contributed by atoms with Crippen molar-refractivity contribution < 1.29 is 5.48 Å². The van der Waals surface area contributed by atoms with E-state index in [1.54, 1.807) is 0 Å². The molecule has 0 fully saturated rings. The first-order chi connectivity index (χ1) is 11.8. The molecule has 0 aliphatic carbocycles. The molecule has 0 bridgehead atoms. The Bertz CT molecular complexity index is 829. The number of hydrogen-bond acceptors (Lipinski definition) is 3. The highest BCUT2D eigenvalue weighted by molar-refractivity contribution is 7.99. The minimum absolute atomic E-state index is 0.000946. The molecule has 0 unspecified atom stereocenters. The third-order valence-corrected chi connectivity index (χ3v) is 4.62. The SMILES string of the molecule is [2H]c1c([2H])c([2H])c2c(c1[2H])Sc1ccc(Cl)cc1N2CCCN(C)C. The highest BCUT2D eigenvalue weighted by atomic mass is 35.5. The molecule has 2 aromatic carbocycles. The zero-order valence-electron chi connectivity index (χ0n) is 16.0. The number of rotatable bonds is 4. The van der Waals surface area contributed by atoms with E-state index in [2.05, 4.69) is 4.90 Å². The molecule has 1 heterocycles. The predicted octanol–water partition coefficient (Wildman–Crippen LogP) is 4.89. The molecule has 0 saturated heterocycles. The van der Waals surface area contributed by atoms with E-state index >= 15 is 0 Å². The zero-order valence-corrected chi connectivity index (χ0v) is 13.6. The van der Waals surface area contributed by atoms with Crippen molar-refractivity contribution in [1.29, 1.82) is 0 Å². The lowest BCUT2D eigenvalue weighted by Crippen LogP contribution is -2.25. The van der Waals surface area contributed by atoms with Crippen LogP contribution in [0.1, 0.15) is 11.9 Å². The molecule has 4 heteroatoms. The normalized spacial score (nSPS) is 15.9. The van der Waals surface area contributed by atoms with Crippen LogP contribution in [0.25, 0.3) is 0 Å². The van der Waals surface area contributed by atoms with Gasteiger partial charge in [0.05, 0.1) is 16.9 Å². The van der Waals surface area contributed by atoms with Gasteiger partial charge in [-0.25, -0.2) is 0 Å². The van der Waals surface area contributed by atoms with Gasteiger partial charge in [0.25, 0.3) is 0 Å². The van der Waals surface area contributed by atoms with E-state index in [4.69, 9.17) is 17.1 Å². The summed E-state index contributed by atoms with van der Waals surface area (Å²) in [5.74, 6) is 0. The molecule has 0 N–H and O–H groups in total. The summed E-state index contributed by atoms with van der Waals surface area (Å²) in [5.41, 5.74) is 1.44. The van der Waals surface area contributed by atoms with Crippen LogP contribution in [0.3, 0.4) is 0 Å². The van der Waals surface area contributed by atoms with Gasteiger partial charge in [-0.1, -0.05) is 35.4 Å². The fourth-order valence-electron chi connectivity index (χ4n) is 2.35. The molecule has 1 aliphatic rings. The van der Waals surface area contributed by atoms with Crippen LogP contribution in [0.5, 0.6) is 0 Å². The summed E-state index contributed by atoms with van der Waals surface area (Å²) in [5, 5.41) is 0.612. The summed E-state index contributed by atoms with van der Waals surface area (Å²) in [6.07, 6.45) is 0.867. The summed E-state index contributed by atoms with van der Waals surface area (Å²) in [6.45, 7) is 1.54. The first-order valence-corrected chi connectivity index (χ1v) is 8.00. The quantitative estimate of drug-likeness (QED) is 0.791. The second-order valence-corrected chi connectivity index (χ2v) is 6.69. The minimum Gasteiger partial charge on any atom is -0.340 e. The zero-order chi connectivity index (χ0) is 18.3. The number of hydrogen-bond donors (Lipinski definition) is 0. The third kappa shape index (κ3) is 3.20. The van der Waals surface area contributed by atoms with E-state index in [1.165, 1.54) is 11.8 Å².